The molecule has 2 aliphatic rings. The van der Waals surface area contributed by atoms with Crippen molar-refractivity contribution in [3.8, 4) is 0 Å². The second-order valence-corrected chi connectivity index (χ2v) is 4.99. The van der Waals surface area contributed by atoms with Crippen LogP contribution in [0.5, 0.6) is 0 Å². The van der Waals surface area contributed by atoms with Crippen molar-refractivity contribution in [2.24, 2.45) is 17.7 Å². The maximum absolute atomic E-state index is 5.68. The summed E-state index contributed by atoms with van der Waals surface area (Å²) in [7, 11) is 0. The zero-order chi connectivity index (χ0) is 10.7. The first-order valence-corrected chi connectivity index (χ1v) is 6.08. The van der Waals surface area contributed by atoms with Crippen LogP contribution in [0.3, 0.4) is 0 Å². The van der Waals surface area contributed by atoms with Gasteiger partial charge in [-0.1, -0.05) is 13.3 Å². The molecule has 1 fully saturated rings. The van der Waals surface area contributed by atoms with Crippen molar-refractivity contribution in [3.05, 3.63) is 11.8 Å². The predicted molar refractivity (Wildman–Crippen MR) is 60.9 cm³/mol. The zero-order valence-electron chi connectivity index (χ0n) is 9.54. The lowest BCUT2D eigenvalue weighted by atomic mass is 9.89. The molecule has 3 unspecified atom stereocenters. The molecular formula is C12H22N2O. The summed E-state index contributed by atoms with van der Waals surface area (Å²) < 4.78 is 5.39. The summed E-state index contributed by atoms with van der Waals surface area (Å²) >= 11 is 0. The summed E-state index contributed by atoms with van der Waals surface area (Å²) in [6, 6.07) is 0.343. The van der Waals surface area contributed by atoms with E-state index in [0.717, 1.165) is 25.4 Å². The molecule has 1 aliphatic heterocycles. The normalized spacial score (nSPS) is 33.3. The van der Waals surface area contributed by atoms with Gasteiger partial charge in [0, 0.05) is 6.04 Å². The van der Waals surface area contributed by atoms with Gasteiger partial charge in [0.2, 0.25) is 0 Å². The summed E-state index contributed by atoms with van der Waals surface area (Å²) in [6.45, 7) is 3.20. The third kappa shape index (κ3) is 2.52. The molecule has 1 saturated carbocycles. The number of hydrogen-bond donors (Lipinski definition) is 2. The minimum atomic E-state index is 0.343. The highest BCUT2D eigenvalue weighted by atomic mass is 16.5. The summed E-state index contributed by atoms with van der Waals surface area (Å²) in [5.74, 6) is 7.25. The van der Waals surface area contributed by atoms with Gasteiger partial charge in [-0.25, -0.2) is 0 Å². The van der Waals surface area contributed by atoms with Gasteiger partial charge in [-0.05, 0) is 43.1 Å². The highest BCUT2D eigenvalue weighted by molar-refractivity contribution is 5.12. The van der Waals surface area contributed by atoms with Gasteiger partial charge in [0.05, 0.1) is 12.9 Å². The second kappa shape index (κ2) is 4.99. The van der Waals surface area contributed by atoms with Crippen LogP contribution in [0.4, 0.5) is 0 Å². The van der Waals surface area contributed by atoms with Gasteiger partial charge in [-0.2, -0.15) is 0 Å². The molecule has 3 nitrogen and oxygen atoms in total. The van der Waals surface area contributed by atoms with Crippen LogP contribution in [0.25, 0.3) is 0 Å². The van der Waals surface area contributed by atoms with Crippen LogP contribution in [0.1, 0.15) is 39.0 Å². The monoisotopic (exact) mass is 210 g/mol. The Morgan fingerprint density at radius 3 is 2.93 bits per heavy atom. The van der Waals surface area contributed by atoms with Crippen molar-refractivity contribution in [3.63, 3.8) is 0 Å². The van der Waals surface area contributed by atoms with E-state index in [4.69, 9.17) is 10.6 Å². The zero-order valence-corrected chi connectivity index (χ0v) is 9.54. The van der Waals surface area contributed by atoms with E-state index in [1.165, 1.54) is 24.8 Å². The fourth-order valence-electron chi connectivity index (χ4n) is 2.91. The van der Waals surface area contributed by atoms with Crippen LogP contribution < -0.4 is 11.3 Å². The second-order valence-electron chi connectivity index (χ2n) is 4.99. The lowest BCUT2D eigenvalue weighted by Crippen LogP contribution is -2.42. The molecule has 0 bridgehead atoms. The Kier molecular flexibility index (Phi) is 3.65. The Balaban J connectivity index is 1.99. The van der Waals surface area contributed by atoms with Crippen LogP contribution in [0, 0.1) is 11.8 Å². The maximum Gasteiger partial charge on any atom is 0.0876 e. The van der Waals surface area contributed by atoms with Gasteiger partial charge < -0.3 is 4.74 Å². The quantitative estimate of drug-likeness (QED) is 0.553. The van der Waals surface area contributed by atoms with E-state index in [1.54, 1.807) is 0 Å². The number of ether oxygens (including phenoxy) is 1. The van der Waals surface area contributed by atoms with Crippen LogP contribution in [-0.2, 0) is 4.74 Å². The molecule has 0 amide bonds. The van der Waals surface area contributed by atoms with Gasteiger partial charge in [0.25, 0.3) is 0 Å². The van der Waals surface area contributed by atoms with Crippen molar-refractivity contribution < 1.29 is 4.74 Å². The average molecular weight is 210 g/mol. The highest BCUT2D eigenvalue weighted by Gasteiger charge is 2.30. The third-order valence-electron chi connectivity index (χ3n) is 3.75. The molecule has 0 radical (unpaired) electrons. The van der Waals surface area contributed by atoms with Crippen molar-refractivity contribution in [1.29, 1.82) is 0 Å². The topological polar surface area (TPSA) is 47.3 Å². The average Bonchev–Trinajstić information content (AvgIpc) is 2.68. The van der Waals surface area contributed by atoms with E-state index in [0.29, 0.717) is 12.0 Å². The van der Waals surface area contributed by atoms with Crippen molar-refractivity contribution in [2.75, 3.05) is 6.61 Å². The van der Waals surface area contributed by atoms with E-state index in [2.05, 4.69) is 12.3 Å². The van der Waals surface area contributed by atoms with Crippen LogP contribution >= 0.6 is 0 Å². The van der Waals surface area contributed by atoms with Crippen LogP contribution in [0.15, 0.2) is 11.8 Å². The van der Waals surface area contributed by atoms with Gasteiger partial charge >= 0.3 is 0 Å². The maximum atomic E-state index is 5.68. The fourth-order valence-corrected chi connectivity index (χ4v) is 2.91. The van der Waals surface area contributed by atoms with E-state index in [9.17, 15) is 0 Å². The molecule has 1 aliphatic carbocycles. The molecule has 2 rings (SSSR count). The van der Waals surface area contributed by atoms with Crippen molar-refractivity contribution in [1.82, 2.24) is 5.43 Å². The van der Waals surface area contributed by atoms with E-state index in [-0.39, 0.29) is 0 Å². The molecule has 0 aromatic carbocycles. The van der Waals surface area contributed by atoms with Crippen LogP contribution in [0.2, 0.25) is 0 Å². The molecule has 15 heavy (non-hydrogen) atoms. The number of nitrogens with two attached hydrogens (primary N) is 1. The Morgan fingerprint density at radius 1 is 1.53 bits per heavy atom. The van der Waals surface area contributed by atoms with E-state index >= 15 is 0 Å². The summed E-state index contributed by atoms with van der Waals surface area (Å²) in [6.07, 6.45) is 8.14. The van der Waals surface area contributed by atoms with E-state index < -0.39 is 0 Å². The highest BCUT2D eigenvalue weighted by Crippen LogP contribution is 2.35. The largest absolute Gasteiger partial charge is 0.501 e. The van der Waals surface area contributed by atoms with E-state index in [1.807, 2.05) is 6.26 Å². The Morgan fingerprint density at radius 2 is 2.40 bits per heavy atom. The molecular weight excluding hydrogens is 188 g/mol. The first-order chi connectivity index (χ1) is 7.31. The lowest BCUT2D eigenvalue weighted by Gasteiger charge is -2.27. The Bertz CT molecular complexity index is 240. The molecule has 3 N–H and O–H groups in total. The molecule has 3 heteroatoms. The molecule has 0 aromatic rings. The van der Waals surface area contributed by atoms with Crippen LogP contribution in [-0.4, -0.2) is 12.6 Å². The first kappa shape index (κ1) is 11.0. The number of hydrogen-bond acceptors (Lipinski definition) is 3. The van der Waals surface area contributed by atoms with Crippen molar-refractivity contribution in [2.45, 2.75) is 45.1 Å². The number of rotatable bonds is 3. The van der Waals surface area contributed by atoms with Gasteiger partial charge in [-0.15, -0.1) is 0 Å². The minimum Gasteiger partial charge on any atom is -0.501 e. The van der Waals surface area contributed by atoms with Gasteiger partial charge in [0.1, 0.15) is 0 Å². The standard InChI is InChI=1S/C12H22N2O/c1-9-4-5-10(7-9)12(14-13)11-3-2-6-15-8-11/h8-10,12,14H,2-7,13H2,1H3. The SMILES string of the molecule is CC1CCC(C(NN)C2=COCCC2)C1. The number of hydrazine groups is 1. The summed E-state index contributed by atoms with van der Waals surface area (Å²) in [5.41, 5.74) is 4.35. The molecule has 0 aromatic heterocycles. The van der Waals surface area contributed by atoms with Crippen molar-refractivity contribution >= 4 is 0 Å². The lowest BCUT2D eigenvalue weighted by molar-refractivity contribution is 0.213. The molecule has 0 spiro atoms. The first-order valence-electron chi connectivity index (χ1n) is 6.08. The molecule has 1 heterocycles. The van der Waals surface area contributed by atoms with Gasteiger partial charge in [-0.3, -0.25) is 11.3 Å². The minimum absolute atomic E-state index is 0.343. The summed E-state index contributed by atoms with van der Waals surface area (Å²) in [5, 5.41) is 0. The summed E-state index contributed by atoms with van der Waals surface area (Å²) in [4.78, 5) is 0. The predicted octanol–water partition coefficient (Wildman–Crippen LogP) is 1.95. The number of nitrogens with one attached hydrogen (secondary N) is 1. The smallest absolute Gasteiger partial charge is 0.0876 e. The Hall–Kier alpha value is -0.540. The molecule has 0 saturated heterocycles. The molecule has 3 atom stereocenters. The Labute approximate surface area is 92.0 Å². The van der Waals surface area contributed by atoms with Gasteiger partial charge in [0.15, 0.2) is 0 Å². The fraction of sp³-hybridized carbons (Fsp3) is 0.833. The molecule has 86 valence electrons. The third-order valence-corrected chi connectivity index (χ3v) is 3.75.